The summed E-state index contributed by atoms with van der Waals surface area (Å²) >= 11 is 0. The Kier molecular flexibility index (Phi) is 6.09. The molecule has 1 aliphatic heterocycles. The number of anilines is 1. The monoisotopic (exact) mass is 462 g/mol. The number of benzene rings is 3. The van der Waals surface area contributed by atoms with Crippen LogP contribution in [0, 0.1) is 0 Å². The van der Waals surface area contributed by atoms with Crippen molar-refractivity contribution in [2.45, 2.75) is 12.6 Å². The minimum Gasteiger partial charge on any atom is -0.507 e. The van der Waals surface area contributed by atoms with Crippen molar-refractivity contribution < 1.29 is 19.4 Å². The summed E-state index contributed by atoms with van der Waals surface area (Å²) in [7, 11) is 0. The number of ketones is 1. The highest BCUT2D eigenvalue weighted by molar-refractivity contribution is 6.51. The average molecular weight is 463 g/mol. The molecule has 4 aromatic rings. The Bertz CT molecular complexity index is 1370. The van der Waals surface area contributed by atoms with Gasteiger partial charge in [-0.2, -0.15) is 0 Å². The Labute approximate surface area is 202 Å². The SMILES string of the molecule is O=C1C(=O)N(c2ccc(OCc3ccccc3)cc2)C(c2ccccn2)/C1=C(/O)c1ccccc1. The Hall–Kier alpha value is -4.71. The zero-order chi connectivity index (χ0) is 24.2. The van der Waals surface area contributed by atoms with Crippen LogP contribution in [0.4, 0.5) is 5.69 Å². The maximum absolute atomic E-state index is 13.2. The van der Waals surface area contributed by atoms with Crippen LogP contribution in [-0.4, -0.2) is 21.8 Å². The van der Waals surface area contributed by atoms with E-state index in [0.29, 0.717) is 29.3 Å². The first-order valence-electron chi connectivity index (χ1n) is 11.2. The number of rotatable bonds is 6. The van der Waals surface area contributed by atoms with Gasteiger partial charge >= 0.3 is 0 Å². The van der Waals surface area contributed by atoms with Gasteiger partial charge in [0.25, 0.3) is 11.7 Å². The first-order chi connectivity index (χ1) is 17.1. The fourth-order valence-electron chi connectivity index (χ4n) is 4.11. The lowest BCUT2D eigenvalue weighted by atomic mass is 9.98. The number of carbonyl (C=O) groups is 2. The Morgan fingerprint density at radius 3 is 2.14 bits per heavy atom. The number of hydrogen-bond acceptors (Lipinski definition) is 5. The van der Waals surface area contributed by atoms with Gasteiger partial charge in [-0.1, -0.05) is 66.7 Å². The second-order valence-electron chi connectivity index (χ2n) is 8.06. The molecule has 1 N–H and O–H groups in total. The second-order valence-corrected chi connectivity index (χ2v) is 8.06. The Morgan fingerprint density at radius 1 is 0.829 bits per heavy atom. The summed E-state index contributed by atoms with van der Waals surface area (Å²) in [5.41, 5.74) is 2.48. The lowest BCUT2D eigenvalue weighted by Crippen LogP contribution is -2.29. The molecule has 0 bridgehead atoms. The predicted octanol–water partition coefficient (Wildman–Crippen LogP) is 5.29. The molecular weight excluding hydrogens is 440 g/mol. The molecule has 6 heteroatoms. The number of aliphatic hydroxyl groups excluding tert-OH is 1. The summed E-state index contributed by atoms with van der Waals surface area (Å²) in [5.74, 6) is -1.08. The topological polar surface area (TPSA) is 79.7 Å². The van der Waals surface area contributed by atoms with Crippen molar-refractivity contribution in [2.75, 3.05) is 4.90 Å². The summed E-state index contributed by atoms with van der Waals surface area (Å²) in [6, 6.07) is 29.9. The molecule has 1 saturated heterocycles. The number of hydrogen-bond donors (Lipinski definition) is 1. The highest BCUT2D eigenvalue weighted by Crippen LogP contribution is 2.41. The van der Waals surface area contributed by atoms with Crippen molar-refractivity contribution in [3.8, 4) is 5.75 Å². The van der Waals surface area contributed by atoms with E-state index in [4.69, 9.17) is 4.74 Å². The molecule has 1 aromatic heterocycles. The van der Waals surface area contributed by atoms with Crippen LogP contribution in [0.25, 0.3) is 5.76 Å². The number of aliphatic hydroxyl groups is 1. The number of pyridine rings is 1. The molecule has 1 amide bonds. The van der Waals surface area contributed by atoms with Crippen LogP contribution in [0.2, 0.25) is 0 Å². The number of aromatic nitrogens is 1. The summed E-state index contributed by atoms with van der Waals surface area (Å²) < 4.78 is 5.85. The van der Waals surface area contributed by atoms with Crippen molar-refractivity contribution in [1.82, 2.24) is 4.98 Å². The van der Waals surface area contributed by atoms with E-state index >= 15 is 0 Å². The van der Waals surface area contributed by atoms with E-state index in [-0.39, 0.29) is 11.3 Å². The van der Waals surface area contributed by atoms with Crippen molar-refractivity contribution in [3.05, 3.63) is 132 Å². The molecule has 35 heavy (non-hydrogen) atoms. The zero-order valence-electron chi connectivity index (χ0n) is 18.7. The van der Waals surface area contributed by atoms with Gasteiger partial charge in [-0.25, -0.2) is 0 Å². The third-order valence-electron chi connectivity index (χ3n) is 5.82. The van der Waals surface area contributed by atoms with Gasteiger partial charge in [0, 0.05) is 17.4 Å². The molecule has 0 aliphatic carbocycles. The highest BCUT2D eigenvalue weighted by Gasteiger charge is 2.47. The molecule has 1 fully saturated rings. The molecule has 5 rings (SSSR count). The van der Waals surface area contributed by atoms with Crippen LogP contribution in [0.1, 0.15) is 22.9 Å². The van der Waals surface area contributed by atoms with E-state index in [2.05, 4.69) is 4.98 Å². The normalized spacial score (nSPS) is 16.9. The third-order valence-corrected chi connectivity index (χ3v) is 5.82. The van der Waals surface area contributed by atoms with Crippen LogP contribution in [0.3, 0.4) is 0 Å². The van der Waals surface area contributed by atoms with Crippen molar-refractivity contribution in [1.29, 1.82) is 0 Å². The van der Waals surface area contributed by atoms with Gasteiger partial charge in [0.15, 0.2) is 0 Å². The average Bonchev–Trinajstić information content (AvgIpc) is 3.19. The van der Waals surface area contributed by atoms with E-state index in [1.807, 2.05) is 36.4 Å². The smallest absolute Gasteiger partial charge is 0.300 e. The number of amides is 1. The molecule has 0 radical (unpaired) electrons. The molecule has 3 aromatic carbocycles. The first kappa shape index (κ1) is 22.1. The van der Waals surface area contributed by atoms with Crippen LogP contribution in [0.15, 0.2) is 115 Å². The molecule has 0 spiro atoms. The fourth-order valence-corrected chi connectivity index (χ4v) is 4.11. The number of Topliss-reactive ketones (excluding diaryl/α,β-unsaturated/α-hetero) is 1. The molecule has 6 nitrogen and oxygen atoms in total. The van der Waals surface area contributed by atoms with E-state index in [1.54, 1.807) is 72.9 Å². The van der Waals surface area contributed by atoms with E-state index in [0.717, 1.165) is 5.56 Å². The standard InChI is InChI=1S/C29H22N2O4/c32-27(21-11-5-2-6-12-21)25-26(24-13-7-8-18-30-24)31(29(34)28(25)33)22-14-16-23(17-15-22)35-19-20-9-3-1-4-10-20/h1-18,26,32H,19H2/b27-25-. The van der Waals surface area contributed by atoms with Crippen LogP contribution in [0.5, 0.6) is 5.75 Å². The predicted molar refractivity (Wildman–Crippen MR) is 133 cm³/mol. The maximum atomic E-state index is 13.2. The lowest BCUT2D eigenvalue weighted by Gasteiger charge is -2.24. The number of nitrogens with zero attached hydrogens (tertiary/aromatic N) is 2. The zero-order valence-corrected chi connectivity index (χ0v) is 18.7. The Morgan fingerprint density at radius 2 is 1.49 bits per heavy atom. The highest BCUT2D eigenvalue weighted by atomic mass is 16.5. The van der Waals surface area contributed by atoms with Crippen LogP contribution < -0.4 is 9.64 Å². The molecular formula is C29H22N2O4. The Balaban J connectivity index is 1.51. The van der Waals surface area contributed by atoms with Gasteiger partial charge < -0.3 is 9.84 Å². The van der Waals surface area contributed by atoms with Gasteiger partial charge in [-0.05, 0) is 42.0 Å². The largest absolute Gasteiger partial charge is 0.507 e. The molecule has 1 unspecified atom stereocenters. The van der Waals surface area contributed by atoms with Crippen molar-refractivity contribution in [3.63, 3.8) is 0 Å². The van der Waals surface area contributed by atoms with E-state index < -0.39 is 17.7 Å². The molecule has 1 aliphatic rings. The van der Waals surface area contributed by atoms with Gasteiger partial charge in [0.2, 0.25) is 0 Å². The summed E-state index contributed by atoms with van der Waals surface area (Å²) in [6.07, 6.45) is 1.60. The molecule has 2 heterocycles. The van der Waals surface area contributed by atoms with Gasteiger partial charge in [-0.3, -0.25) is 19.5 Å². The van der Waals surface area contributed by atoms with Crippen molar-refractivity contribution >= 4 is 23.1 Å². The quantitative estimate of drug-likeness (QED) is 0.239. The van der Waals surface area contributed by atoms with Gasteiger partial charge in [0.1, 0.15) is 24.2 Å². The summed E-state index contributed by atoms with van der Waals surface area (Å²) in [6.45, 7) is 0.412. The number of carbonyl (C=O) groups excluding carboxylic acids is 2. The minimum absolute atomic E-state index is 0.00399. The molecule has 0 saturated carbocycles. The van der Waals surface area contributed by atoms with E-state index in [9.17, 15) is 14.7 Å². The third kappa shape index (κ3) is 4.42. The molecule has 172 valence electrons. The second kappa shape index (κ2) is 9.65. The van der Waals surface area contributed by atoms with Crippen molar-refractivity contribution in [2.24, 2.45) is 0 Å². The van der Waals surface area contributed by atoms with Crippen LogP contribution in [-0.2, 0) is 16.2 Å². The fraction of sp³-hybridized carbons (Fsp3) is 0.0690. The summed E-state index contributed by atoms with van der Waals surface area (Å²) in [5, 5.41) is 11.1. The molecule has 1 atom stereocenters. The van der Waals surface area contributed by atoms with Gasteiger partial charge in [-0.15, -0.1) is 0 Å². The summed E-state index contributed by atoms with van der Waals surface area (Å²) in [4.78, 5) is 32.1. The first-order valence-corrected chi connectivity index (χ1v) is 11.2. The minimum atomic E-state index is -0.868. The van der Waals surface area contributed by atoms with E-state index in [1.165, 1.54) is 4.90 Å². The van der Waals surface area contributed by atoms with Gasteiger partial charge in [0.05, 0.1) is 11.3 Å². The maximum Gasteiger partial charge on any atom is 0.300 e. The number of ether oxygens (including phenoxy) is 1. The van der Waals surface area contributed by atoms with Crippen LogP contribution >= 0.6 is 0 Å². The lowest BCUT2D eigenvalue weighted by molar-refractivity contribution is -0.132.